The average molecular weight is 626 g/mol. The van der Waals surface area contributed by atoms with Crippen LogP contribution in [0.3, 0.4) is 0 Å². The van der Waals surface area contributed by atoms with E-state index in [0.717, 1.165) is 38.4 Å². The maximum Gasteiger partial charge on any atom is 0.272 e. The monoisotopic (exact) mass is 625 g/mol. The van der Waals surface area contributed by atoms with Gasteiger partial charge in [-0.05, 0) is 85.5 Å². The van der Waals surface area contributed by atoms with Gasteiger partial charge in [-0.15, -0.1) is 11.8 Å². The molecular formula is C39H35N3O3S. The maximum atomic E-state index is 13.7. The van der Waals surface area contributed by atoms with Gasteiger partial charge in [0.05, 0.1) is 0 Å². The van der Waals surface area contributed by atoms with Crippen LogP contribution < -0.4 is 16.0 Å². The molecule has 0 aliphatic rings. The molecule has 0 aliphatic heterocycles. The number of rotatable bonds is 10. The molecule has 0 saturated heterocycles. The number of amides is 3. The predicted molar refractivity (Wildman–Crippen MR) is 188 cm³/mol. The van der Waals surface area contributed by atoms with Gasteiger partial charge in [0, 0.05) is 21.8 Å². The smallest absolute Gasteiger partial charge is 0.272 e. The van der Waals surface area contributed by atoms with Gasteiger partial charge in [0.1, 0.15) is 10.9 Å². The van der Waals surface area contributed by atoms with Crippen LogP contribution in [-0.4, -0.2) is 17.7 Å². The lowest BCUT2D eigenvalue weighted by atomic mass is 10.1. The Balaban J connectivity index is 1.38. The molecule has 3 amide bonds. The van der Waals surface area contributed by atoms with Gasteiger partial charge in [0.25, 0.3) is 11.8 Å². The second-order valence-corrected chi connectivity index (χ2v) is 12.2. The summed E-state index contributed by atoms with van der Waals surface area (Å²) in [4.78, 5) is 41.1. The zero-order chi connectivity index (χ0) is 32.5. The van der Waals surface area contributed by atoms with Crippen LogP contribution in [0, 0.1) is 20.8 Å². The highest BCUT2D eigenvalue weighted by Gasteiger charge is 2.23. The van der Waals surface area contributed by atoms with Gasteiger partial charge >= 0.3 is 0 Å². The lowest BCUT2D eigenvalue weighted by Crippen LogP contribution is -2.30. The summed E-state index contributed by atoms with van der Waals surface area (Å²) in [6, 6.07) is 39.3. The van der Waals surface area contributed by atoms with E-state index in [0.29, 0.717) is 11.3 Å². The normalized spacial score (nSPS) is 11.8. The van der Waals surface area contributed by atoms with E-state index < -0.39 is 11.2 Å². The van der Waals surface area contributed by atoms with Gasteiger partial charge in [0.15, 0.2) is 0 Å². The van der Waals surface area contributed by atoms with Crippen molar-refractivity contribution in [1.29, 1.82) is 0 Å². The molecule has 7 heteroatoms. The summed E-state index contributed by atoms with van der Waals surface area (Å²) in [7, 11) is 0. The SMILES string of the molecule is Cc1ccc(/C=C(\NC(=O)c2ccccc2)C(=O)Nc2cccc(SC(C(=O)Nc3cc(C)ccc3C)c3ccccc3)c2)cc1. The molecule has 5 aromatic carbocycles. The second-order valence-electron chi connectivity index (χ2n) is 11.0. The van der Waals surface area contributed by atoms with Crippen LogP contribution in [0.1, 0.15) is 43.4 Å². The van der Waals surface area contributed by atoms with Crippen LogP contribution in [0.15, 0.2) is 138 Å². The van der Waals surface area contributed by atoms with Crippen molar-refractivity contribution < 1.29 is 14.4 Å². The summed E-state index contributed by atoms with van der Waals surface area (Å²) in [6.07, 6.45) is 1.65. The summed E-state index contributed by atoms with van der Waals surface area (Å²) in [5.74, 6) is -1.01. The molecule has 6 nitrogen and oxygen atoms in total. The van der Waals surface area contributed by atoms with Gasteiger partial charge in [-0.1, -0.05) is 96.6 Å². The van der Waals surface area contributed by atoms with Gasteiger partial charge in [-0.25, -0.2) is 0 Å². The fourth-order valence-electron chi connectivity index (χ4n) is 4.72. The minimum atomic E-state index is -0.547. The Bertz CT molecular complexity index is 1870. The largest absolute Gasteiger partial charge is 0.325 e. The van der Waals surface area contributed by atoms with Crippen molar-refractivity contribution in [3.8, 4) is 0 Å². The summed E-state index contributed by atoms with van der Waals surface area (Å²) < 4.78 is 0. The molecule has 0 spiro atoms. The van der Waals surface area contributed by atoms with E-state index in [1.54, 1.807) is 36.4 Å². The number of carbonyl (C=O) groups is 3. The zero-order valence-electron chi connectivity index (χ0n) is 25.9. The van der Waals surface area contributed by atoms with E-state index >= 15 is 0 Å². The molecular weight excluding hydrogens is 591 g/mol. The summed E-state index contributed by atoms with van der Waals surface area (Å²) in [5.41, 5.74) is 6.60. The Morgan fingerprint density at radius 2 is 1.35 bits per heavy atom. The predicted octanol–water partition coefficient (Wildman–Crippen LogP) is 8.49. The Kier molecular flexibility index (Phi) is 10.5. The Hall–Kier alpha value is -5.40. The van der Waals surface area contributed by atoms with Crippen molar-refractivity contribution in [2.45, 2.75) is 30.9 Å². The van der Waals surface area contributed by atoms with E-state index in [1.807, 2.05) is 118 Å². The Labute approximate surface area is 274 Å². The number of benzene rings is 5. The molecule has 0 heterocycles. The molecule has 230 valence electrons. The molecule has 5 rings (SSSR count). The quantitative estimate of drug-likeness (QED) is 0.107. The fraction of sp³-hybridized carbons (Fsp3) is 0.103. The highest BCUT2D eigenvalue weighted by Crippen LogP contribution is 2.37. The number of aryl methyl sites for hydroxylation is 3. The zero-order valence-corrected chi connectivity index (χ0v) is 26.7. The molecule has 46 heavy (non-hydrogen) atoms. The van der Waals surface area contributed by atoms with Crippen LogP contribution in [0.5, 0.6) is 0 Å². The van der Waals surface area contributed by atoms with Crippen molar-refractivity contribution in [3.05, 3.63) is 166 Å². The lowest BCUT2D eigenvalue weighted by molar-refractivity contribution is -0.116. The molecule has 0 saturated carbocycles. The van der Waals surface area contributed by atoms with Gasteiger partial charge in [0.2, 0.25) is 5.91 Å². The summed E-state index contributed by atoms with van der Waals surface area (Å²) in [6.45, 7) is 5.95. The molecule has 5 aromatic rings. The maximum absolute atomic E-state index is 13.7. The number of anilines is 2. The molecule has 1 atom stereocenters. The van der Waals surface area contributed by atoms with Gasteiger partial charge in [-0.2, -0.15) is 0 Å². The van der Waals surface area contributed by atoms with Crippen LogP contribution in [0.4, 0.5) is 11.4 Å². The summed E-state index contributed by atoms with van der Waals surface area (Å²) in [5, 5.41) is 8.28. The molecule has 0 fully saturated rings. The van der Waals surface area contributed by atoms with E-state index in [1.165, 1.54) is 11.8 Å². The first-order chi connectivity index (χ1) is 22.2. The van der Waals surface area contributed by atoms with E-state index in [9.17, 15) is 14.4 Å². The first kappa shape index (κ1) is 32.0. The highest BCUT2D eigenvalue weighted by atomic mass is 32.2. The third-order valence-electron chi connectivity index (χ3n) is 7.25. The van der Waals surface area contributed by atoms with Crippen LogP contribution in [-0.2, 0) is 9.59 Å². The second kappa shape index (κ2) is 15.1. The van der Waals surface area contributed by atoms with Crippen molar-refractivity contribution in [2.75, 3.05) is 10.6 Å². The molecule has 0 aromatic heterocycles. The van der Waals surface area contributed by atoms with Crippen LogP contribution in [0.2, 0.25) is 0 Å². The van der Waals surface area contributed by atoms with Gasteiger partial charge < -0.3 is 16.0 Å². The third kappa shape index (κ3) is 8.61. The fourth-order valence-corrected chi connectivity index (χ4v) is 5.81. The van der Waals surface area contributed by atoms with E-state index in [4.69, 9.17) is 0 Å². The molecule has 1 unspecified atom stereocenters. The van der Waals surface area contributed by atoms with Crippen LogP contribution >= 0.6 is 11.8 Å². The number of thioether (sulfide) groups is 1. The Morgan fingerprint density at radius 3 is 2.07 bits per heavy atom. The minimum absolute atomic E-state index is 0.103. The van der Waals surface area contributed by atoms with E-state index in [2.05, 4.69) is 16.0 Å². The number of hydrogen-bond acceptors (Lipinski definition) is 4. The van der Waals surface area contributed by atoms with Crippen molar-refractivity contribution in [1.82, 2.24) is 5.32 Å². The molecule has 0 bridgehead atoms. The number of nitrogens with one attached hydrogen (secondary N) is 3. The number of hydrogen-bond donors (Lipinski definition) is 3. The first-order valence-electron chi connectivity index (χ1n) is 14.9. The van der Waals surface area contributed by atoms with E-state index in [-0.39, 0.29) is 17.5 Å². The lowest BCUT2D eigenvalue weighted by Gasteiger charge is -2.19. The molecule has 0 radical (unpaired) electrons. The third-order valence-corrected chi connectivity index (χ3v) is 8.50. The van der Waals surface area contributed by atoms with Gasteiger partial charge in [-0.3, -0.25) is 14.4 Å². The number of carbonyl (C=O) groups excluding carboxylic acids is 3. The molecule has 0 aliphatic carbocycles. The van der Waals surface area contributed by atoms with Crippen molar-refractivity contribution >= 4 is 46.9 Å². The topological polar surface area (TPSA) is 87.3 Å². The van der Waals surface area contributed by atoms with Crippen LogP contribution in [0.25, 0.3) is 6.08 Å². The van der Waals surface area contributed by atoms with Crippen molar-refractivity contribution in [3.63, 3.8) is 0 Å². The standard InChI is InChI=1S/C39H35N3O3S/c1-26-18-21-29(22-19-26)24-35(42-37(43)31-13-8-5-9-14-31)38(44)40-32-15-10-16-33(25-32)46-36(30-11-6-4-7-12-30)39(45)41-34-23-27(2)17-20-28(34)3/h4-25,36H,1-3H3,(H,40,44)(H,41,45)(H,42,43)/b35-24-. The first-order valence-corrected chi connectivity index (χ1v) is 15.8. The molecule has 3 N–H and O–H groups in total. The average Bonchev–Trinajstić information content (AvgIpc) is 3.07. The van der Waals surface area contributed by atoms with Crippen molar-refractivity contribution in [2.24, 2.45) is 0 Å². The Morgan fingerprint density at radius 1 is 0.674 bits per heavy atom. The summed E-state index contributed by atoms with van der Waals surface area (Å²) >= 11 is 1.39. The highest BCUT2D eigenvalue weighted by molar-refractivity contribution is 8.00. The minimum Gasteiger partial charge on any atom is -0.325 e.